The van der Waals surface area contributed by atoms with Crippen LogP contribution in [0.2, 0.25) is 0 Å². The highest BCUT2D eigenvalue weighted by atomic mass is 32.2. The van der Waals surface area contributed by atoms with Gasteiger partial charge in [-0.05, 0) is 42.0 Å². The molecule has 0 spiro atoms. The largest absolute Gasteiger partial charge is 0.339 e. The van der Waals surface area contributed by atoms with E-state index in [0.717, 1.165) is 17.7 Å². The summed E-state index contributed by atoms with van der Waals surface area (Å²) in [4.78, 5) is 7.45. The van der Waals surface area contributed by atoms with E-state index in [1.807, 2.05) is 0 Å². The first-order valence-corrected chi connectivity index (χ1v) is 10.2. The van der Waals surface area contributed by atoms with E-state index < -0.39 is 26.6 Å². The van der Waals surface area contributed by atoms with Crippen LogP contribution >= 0.6 is 0 Å². The fourth-order valence-electron chi connectivity index (χ4n) is 2.76. The average Bonchev–Trinajstić information content (AvgIpc) is 3.20. The Morgan fingerprint density at radius 1 is 1.00 bits per heavy atom. The molecule has 2 aromatic carbocycles. The number of halogens is 2. The standard InChI is InChI=1S/C20H14F2N4O3S/c21-15-5-6-16(22)18(12-15)30(27,28)26-17-4-2-1-3-14(17)11-19-24-20(25-29-19)13-7-9-23-10-8-13/h1-10,12,26H,11H2. The zero-order valence-electron chi connectivity index (χ0n) is 15.3. The predicted octanol–water partition coefficient (Wildman–Crippen LogP) is 3.80. The number of hydrogen-bond acceptors (Lipinski definition) is 6. The van der Waals surface area contributed by atoms with E-state index in [-0.39, 0.29) is 18.0 Å². The van der Waals surface area contributed by atoms with Gasteiger partial charge in [0.05, 0.1) is 12.1 Å². The van der Waals surface area contributed by atoms with E-state index in [2.05, 4.69) is 19.8 Å². The third-order valence-corrected chi connectivity index (χ3v) is 5.57. The molecule has 0 radical (unpaired) electrons. The van der Waals surface area contributed by atoms with Crippen molar-refractivity contribution in [1.29, 1.82) is 0 Å². The summed E-state index contributed by atoms with van der Waals surface area (Å²) in [6.45, 7) is 0. The molecule has 0 fully saturated rings. The van der Waals surface area contributed by atoms with Crippen LogP contribution in [0.25, 0.3) is 11.4 Å². The maximum absolute atomic E-state index is 14.0. The van der Waals surface area contributed by atoms with Gasteiger partial charge in [0.1, 0.15) is 16.5 Å². The van der Waals surface area contributed by atoms with Crippen LogP contribution < -0.4 is 4.72 Å². The summed E-state index contributed by atoms with van der Waals surface area (Å²) in [5, 5.41) is 3.91. The maximum Gasteiger partial charge on any atom is 0.264 e. The van der Waals surface area contributed by atoms with Gasteiger partial charge in [0.2, 0.25) is 11.7 Å². The Bertz CT molecular complexity index is 1290. The molecule has 30 heavy (non-hydrogen) atoms. The molecule has 1 N–H and O–H groups in total. The van der Waals surface area contributed by atoms with Crippen molar-refractivity contribution in [2.45, 2.75) is 11.3 Å². The van der Waals surface area contributed by atoms with Gasteiger partial charge in [0, 0.05) is 18.0 Å². The minimum atomic E-state index is -4.36. The highest BCUT2D eigenvalue weighted by molar-refractivity contribution is 7.92. The maximum atomic E-state index is 14.0. The van der Waals surface area contributed by atoms with E-state index in [1.54, 1.807) is 42.7 Å². The van der Waals surface area contributed by atoms with Gasteiger partial charge in [-0.1, -0.05) is 23.4 Å². The number of anilines is 1. The van der Waals surface area contributed by atoms with Crippen LogP contribution in [0.4, 0.5) is 14.5 Å². The summed E-state index contributed by atoms with van der Waals surface area (Å²) in [5.74, 6) is -1.29. The van der Waals surface area contributed by atoms with Gasteiger partial charge in [-0.3, -0.25) is 9.71 Å². The highest BCUT2D eigenvalue weighted by Crippen LogP contribution is 2.25. The predicted molar refractivity (Wildman–Crippen MR) is 104 cm³/mol. The molecule has 0 saturated carbocycles. The van der Waals surface area contributed by atoms with Crippen molar-refractivity contribution >= 4 is 15.7 Å². The molecular weight excluding hydrogens is 414 g/mol. The molecule has 10 heteroatoms. The molecule has 0 aliphatic rings. The smallest absolute Gasteiger partial charge is 0.264 e. The Labute approximate surface area is 170 Å². The number of pyridine rings is 1. The minimum Gasteiger partial charge on any atom is -0.339 e. The first-order chi connectivity index (χ1) is 14.4. The summed E-state index contributed by atoms with van der Waals surface area (Å²) in [6, 6.07) is 12.2. The van der Waals surface area contributed by atoms with Gasteiger partial charge < -0.3 is 4.52 Å². The lowest BCUT2D eigenvalue weighted by Crippen LogP contribution is -2.16. The van der Waals surface area contributed by atoms with Crippen LogP contribution in [0.1, 0.15) is 11.5 Å². The Morgan fingerprint density at radius 2 is 1.77 bits per heavy atom. The van der Waals surface area contributed by atoms with Crippen molar-refractivity contribution in [3.05, 3.63) is 90.1 Å². The van der Waals surface area contributed by atoms with E-state index >= 15 is 0 Å². The summed E-state index contributed by atoms with van der Waals surface area (Å²) < 4.78 is 60.1. The number of para-hydroxylation sites is 1. The van der Waals surface area contributed by atoms with Crippen LogP contribution in [0.15, 0.2) is 76.4 Å². The quantitative estimate of drug-likeness (QED) is 0.502. The van der Waals surface area contributed by atoms with Gasteiger partial charge in [-0.2, -0.15) is 4.98 Å². The Morgan fingerprint density at radius 3 is 2.57 bits per heavy atom. The van der Waals surface area contributed by atoms with Gasteiger partial charge >= 0.3 is 0 Å². The van der Waals surface area contributed by atoms with Crippen molar-refractivity contribution in [1.82, 2.24) is 15.1 Å². The fraction of sp³-hybridized carbons (Fsp3) is 0.0500. The molecule has 152 valence electrons. The molecule has 0 aliphatic carbocycles. The molecular formula is C20H14F2N4O3S. The number of aromatic nitrogens is 3. The monoisotopic (exact) mass is 428 g/mol. The zero-order chi connectivity index (χ0) is 21.1. The van der Waals surface area contributed by atoms with Crippen molar-refractivity contribution in [3.63, 3.8) is 0 Å². The normalized spacial score (nSPS) is 11.4. The van der Waals surface area contributed by atoms with Gasteiger partial charge in [-0.15, -0.1) is 0 Å². The van der Waals surface area contributed by atoms with E-state index in [9.17, 15) is 17.2 Å². The molecule has 0 atom stereocenters. The first-order valence-electron chi connectivity index (χ1n) is 8.71. The molecule has 4 aromatic rings. The van der Waals surface area contributed by atoms with Gasteiger partial charge in [-0.25, -0.2) is 17.2 Å². The second-order valence-electron chi connectivity index (χ2n) is 6.26. The SMILES string of the molecule is O=S(=O)(Nc1ccccc1Cc1nc(-c2ccncc2)no1)c1cc(F)ccc1F. The third kappa shape index (κ3) is 4.18. The first kappa shape index (κ1) is 19.6. The van der Waals surface area contributed by atoms with Crippen LogP contribution in [0.3, 0.4) is 0 Å². The summed E-state index contributed by atoms with van der Waals surface area (Å²) in [5.41, 5.74) is 1.42. The van der Waals surface area contributed by atoms with Crippen molar-refractivity contribution in [2.24, 2.45) is 0 Å². The number of nitrogens with zero attached hydrogens (tertiary/aromatic N) is 3. The summed E-state index contributed by atoms with van der Waals surface area (Å²) in [6.07, 6.45) is 3.32. The Kier molecular flexibility index (Phi) is 5.23. The lowest BCUT2D eigenvalue weighted by Gasteiger charge is -2.12. The molecule has 0 amide bonds. The highest BCUT2D eigenvalue weighted by Gasteiger charge is 2.22. The Balaban J connectivity index is 1.61. The number of hydrogen-bond donors (Lipinski definition) is 1. The van der Waals surface area contributed by atoms with E-state index in [1.165, 1.54) is 6.07 Å². The molecule has 0 unspecified atom stereocenters. The summed E-state index contributed by atoms with van der Waals surface area (Å²) >= 11 is 0. The van der Waals surface area contributed by atoms with Crippen molar-refractivity contribution in [3.8, 4) is 11.4 Å². The Hall–Kier alpha value is -3.66. The third-order valence-electron chi connectivity index (χ3n) is 4.19. The van der Waals surface area contributed by atoms with Crippen LogP contribution in [-0.4, -0.2) is 23.5 Å². The molecule has 7 nitrogen and oxygen atoms in total. The number of sulfonamides is 1. The zero-order valence-corrected chi connectivity index (χ0v) is 16.1. The van der Waals surface area contributed by atoms with Crippen molar-refractivity contribution in [2.75, 3.05) is 4.72 Å². The van der Waals surface area contributed by atoms with Gasteiger partial charge in [0.25, 0.3) is 10.0 Å². The molecule has 2 heterocycles. The van der Waals surface area contributed by atoms with Gasteiger partial charge in [0.15, 0.2) is 0 Å². The molecule has 2 aromatic heterocycles. The lowest BCUT2D eigenvalue weighted by molar-refractivity contribution is 0.386. The second-order valence-corrected chi connectivity index (χ2v) is 7.91. The average molecular weight is 428 g/mol. The molecule has 4 rings (SSSR count). The van der Waals surface area contributed by atoms with Crippen LogP contribution in [-0.2, 0) is 16.4 Å². The number of rotatable bonds is 6. The molecule has 0 aliphatic heterocycles. The lowest BCUT2D eigenvalue weighted by atomic mass is 10.1. The second kappa shape index (κ2) is 7.99. The van der Waals surface area contributed by atoms with E-state index in [4.69, 9.17) is 4.52 Å². The van der Waals surface area contributed by atoms with Crippen molar-refractivity contribution < 1.29 is 21.7 Å². The van der Waals surface area contributed by atoms with Crippen LogP contribution in [0.5, 0.6) is 0 Å². The topological polar surface area (TPSA) is 98.0 Å². The van der Waals surface area contributed by atoms with E-state index in [0.29, 0.717) is 17.5 Å². The number of nitrogens with one attached hydrogen (secondary N) is 1. The molecule has 0 saturated heterocycles. The minimum absolute atomic E-state index is 0.127. The number of benzene rings is 2. The fourth-order valence-corrected chi connectivity index (χ4v) is 3.96. The summed E-state index contributed by atoms with van der Waals surface area (Å²) in [7, 11) is -4.36. The van der Waals surface area contributed by atoms with Crippen LogP contribution in [0, 0.1) is 11.6 Å². The molecule has 0 bridgehead atoms.